The molecule has 0 atom stereocenters. The molecule has 1 aromatic heterocycles. The quantitative estimate of drug-likeness (QED) is 0.656. The van der Waals surface area contributed by atoms with Crippen LogP contribution in [-0.4, -0.2) is 26.2 Å². The summed E-state index contributed by atoms with van der Waals surface area (Å²) in [6.45, 7) is 0.873. The van der Waals surface area contributed by atoms with Gasteiger partial charge in [0.2, 0.25) is 0 Å². The van der Waals surface area contributed by atoms with Crippen LogP contribution in [0.2, 0.25) is 5.02 Å². The first-order valence-electron chi connectivity index (χ1n) is 6.04. The summed E-state index contributed by atoms with van der Waals surface area (Å²) in [7, 11) is 1.57. The summed E-state index contributed by atoms with van der Waals surface area (Å²) in [5.41, 5.74) is 7.07. The predicted molar refractivity (Wildman–Crippen MR) is 77.8 cm³/mol. The number of ether oxygens (including phenoxy) is 1. The summed E-state index contributed by atoms with van der Waals surface area (Å²) in [6.07, 6.45) is 0. The van der Waals surface area contributed by atoms with Crippen LogP contribution < -0.4 is 11.1 Å². The van der Waals surface area contributed by atoms with Gasteiger partial charge in [-0.3, -0.25) is 4.79 Å². The fraction of sp³-hybridized carbons (Fsp3) is 0.214. The van der Waals surface area contributed by atoms with E-state index in [4.69, 9.17) is 26.5 Å². The molecule has 3 N–H and O–H groups in total. The Kier molecular flexibility index (Phi) is 4.65. The van der Waals surface area contributed by atoms with Gasteiger partial charge in [-0.15, -0.1) is 0 Å². The molecule has 1 aromatic carbocycles. The molecule has 0 aliphatic rings. The number of hydrogen-bond donors (Lipinski definition) is 2. The van der Waals surface area contributed by atoms with E-state index in [9.17, 15) is 4.79 Å². The summed E-state index contributed by atoms with van der Waals surface area (Å²) in [5.74, 6) is 0.461. The molecule has 2 aromatic rings. The lowest BCUT2D eigenvalue weighted by Gasteiger charge is -2.03. The molecule has 0 aliphatic carbocycles. The zero-order valence-electron chi connectivity index (χ0n) is 11.0. The number of nitrogens with one attached hydrogen (secondary N) is 1. The van der Waals surface area contributed by atoms with Crippen molar-refractivity contribution in [3.05, 3.63) is 41.1 Å². The fourth-order valence-electron chi connectivity index (χ4n) is 1.72. The summed E-state index contributed by atoms with van der Waals surface area (Å²) in [5, 5.41) is 3.23. The third-order valence-electron chi connectivity index (χ3n) is 2.70. The van der Waals surface area contributed by atoms with Crippen LogP contribution in [0.1, 0.15) is 10.6 Å². The Balaban J connectivity index is 2.14. The van der Waals surface area contributed by atoms with E-state index in [2.05, 4.69) is 5.32 Å². The van der Waals surface area contributed by atoms with Crippen molar-refractivity contribution in [1.29, 1.82) is 0 Å². The highest BCUT2D eigenvalue weighted by atomic mass is 35.5. The van der Waals surface area contributed by atoms with E-state index in [-0.39, 0.29) is 11.7 Å². The van der Waals surface area contributed by atoms with E-state index in [1.807, 2.05) is 0 Å². The molecule has 1 heterocycles. The van der Waals surface area contributed by atoms with Gasteiger partial charge in [0.25, 0.3) is 5.91 Å². The van der Waals surface area contributed by atoms with Crippen LogP contribution in [0.3, 0.4) is 0 Å². The van der Waals surface area contributed by atoms with Crippen molar-refractivity contribution in [2.45, 2.75) is 0 Å². The highest BCUT2D eigenvalue weighted by Crippen LogP contribution is 2.29. The van der Waals surface area contributed by atoms with Gasteiger partial charge >= 0.3 is 0 Å². The molecular weight excluding hydrogens is 280 g/mol. The number of halogens is 1. The van der Waals surface area contributed by atoms with E-state index in [1.165, 1.54) is 0 Å². The first kappa shape index (κ1) is 14.4. The van der Waals surface area contributed by atoms with E-state index >= 15 is 0 Å². The third kappa shape index (κ3) is 3.31. The Labute approximate surface area is 121 Å². The maximum Gasteiger partial charge on any atom is 0.287 e. The van der Waals surface area contributed by atoms with Gasteiger partial charge < -0.3 is 20.2 Å². The van der Waals surface area contributed by atoms with E-state index in [1.54, 1.807) is 37.4 Å². The molecule has 0 bridgehead atoms. The Morgan fingerprint density at radius 1 is 1.40 bits per heavy atom. The lowest BCUT2D eigenvalue weighted by molar-refractivity contribution is 0.0910. The molecule has 0 aliphatic heterocycles. The number of carbonyl (C=O) groups excluding carboxylic acids is 1. The number of benzene rings is 1. The minimum absolute atomic E-state index is 0.227. The van der Waals surface area contributed by atoms with Crippen molar-refractivity contribution < 1.29 is 13.9 Å². The second kappa shape index (κ2) is 6.45. The maximum atomic E-state index is 11.8. The van der Waals surface area contributed by atoms with Gasteiger partial charge in [0.05, 0.1) is 6.61 Å². The van der Waals surface area contributed by atoms with Gasteiger partial charge in [-0.25, -0.2) is 0 Å². The second-order valence-corrected chi connectivity index (χ2v) is 4.58. The highest BCUT2D eigenvalue weighted by molar-refractivity contribution is 6.31. The predicted octanol–water partition coefficient (Wildman–Crippen LogP) is 2.56. The number of anilines is 1. The molecule has 2 rings (SSSR count). The number of hydrogen-bond acceptors (Lipinski definition) is 4. The topological polar surface area (TPSA) is 77.5 Å². The van der Waals surface area contributed by atoms with Gasteiger partial charge in [0, 0.05) is 29.9 Å². The summed E-state index contributed by atoms with van der Waals surface area (Å²) in [4.78, 5) is 11.8. The van der Waals surface area contributed by atoms with Gasteiger partial charge in [-0.2, -0.15) is 0 Å². The number of nitrogens with two attached hydrogens (primary N) is 1. The first-order valence-corrected chi connectivity index (χ1v) is 6.42. The first-order chi connectivity index (χ1) is 9.61. The maximum absolute atomic E-state index is 11.8. The van der Waals surface area contributed by atoms with Crippen LogP contribution in [-0.2, 0) is 4.74 Å². The molecule has 0 spiro atoms. The Hall–Kier alpha value is -1.98. The van der Waals surface area contributed by atoms with Crippen molar-refractivity contribution in [2.75, 3.05) is 26.0 Å². The molecule has 6 heteroatoms. The number of methoxy groups -OCH3 is 1. The Bertz CT molecular complexity index is 610. The highest BCUT2D eigenvalue weighted by Gasteiger charge is 2.13. The average molecular weight is 295 g/mol. The normalized spacial score (nSPS) is 10.5. The van der Waals surface area contributed by atoms with Crippen LogP contribution in [0, 0.1) is 0 Å². The molecule has 5 nitrogen and oxygen atoms in total. The molecule has 1 amide bonds. The van der Waals surface area contributed by atoms with Gasteiger partial charge in [-0.1, -0.05) is 11.6 Å². The standard InChI is InChI=1S/C14H15ClN2O3/c1-19-7-6-17-14(18)13-5-4-12(20-13)10-3-2-9(15)8-11(10)16/h2-5,8H,6-7,16H2,1H3,(H,17,18). The zero-order chi connectivity index (χ0) is 14.5. The van der Waals surface area contributed by atoms with E-state index in [0.29, 0.717) is 35.2 Å². The molecule has 0 saturated heterocycles. The average Bonchev–Trinajstić information content (AvgIpc) is 2.88. The van der Waals surface area contributed by atoms with Crippen molar-refractivity contribution >= 4 is 23.2 Å². The van der Waals surface area contributed by atoms with Gasteiger partial charge in [0.15, 0.2) is 5.76 Å². The third-order valence-corrected chi connectivity index (χ3v) is 2.94. The summed E-state index contributed by atoms with van der Waals surface area (Å²) in [6, 6.07) is 8.41. The van der Waals surface area contributed by atoms with Gasteiger partial charge in [0.1, 0.15) is 5.76 Å². The summed E-state index contributed by atoms with van der Waals surface area (Å²) >= 11 is 5.84. The lowest BCUT2D eigenvalue weighted by Crippen LogP contribution is -2.26. The van der Waals surface area contributed by atoms with Crippen LogP contribution in [0.25, 0.3) is 11.3 Å². The number of furan rings is 1. The van der Waals surface area contributed by atoms with E-state index < -0.39 is 0 Å². The van der Waals surface area contributed by atoms with Crippen molar-refractivity contribution in [3.63, 3.8) is 0 Å². The zero-order valence-corrected chi connectivity index (χ0v) is 11.7. The number of nitrogen functional groups attached to an aromatic ring is 1. The minimum atomic E-state index is -0.291. The van der Waals surface area contributed by atoms with Gasteiger partial charge in [-0.05, 0) is 30.3 Å². The molecule has 0 unspecified atom stereocenters. The fourth-order valence-corrected chi connectivity index (χ4v) is 1.90. The molecule has 0 fully saturated rings. The SMILES string of the molecule is COCCNC(=O)c1ccc(-c2ccc(Cl)cc2N)o1. The monoisotopic (exact) mass is 294 g/mol. The van der Waals surface area contributed by atoms with E-state index in [0.717, 1.165) is 0 Å². The van der Waals surface area contributed by atoms with Crippen LogP contribution in [0.15, 0.2) is 34.7 Å². The Morgan fingerprint density at radius 2 is 2.20 bits per heavy atom. The van der Waals surface area contributed by atoms with Crippen molar-refractivity contribution in [3.8, 4) is 11.3 Å². The van der Waals surface area contributed by atoms with Crippen LogP contribution in [0.5, 0.6) is 0 Å². The molecule has 106 valence electrons. The molecule has 20 heavy (non-hydrogen) atoms. The molecule has 0 radical (unpaired) electrons. The summed E-state index contributed by atoms with van der Waals surface area (Å²) < 4.78 is 10.4. The number of carbonyl (C=O) groups is 1. The second-order valence-electron chi connectivity index (χ2n) is 4.14. The number of rotatable bonds is 5. The van der Waals surface area contributed by atoms with Crippen molar-refractivity contribution in [1.82, 2.24) is 5.32 Å². The minimum Gasteiger partial charge on any atom is -0.451 e. The lowest BCUT2D eigenvalue weighted by atomic mass is 10.1. The largest absolute Gasteiger partial charge is 0.451 e. The smallest absolute Gasteiger partial charge is 0.287 e. The Morgan fingerprint density at radius 3 is 2.90 bits per heavy atom. The van der Waals surface area contributed by atoms with Crippen molar-refractivity contribution in [2.24, 2.45) is 0 Å². The van der Waals surface area contributed by atoms with Crippen LogP contribution in [0.4, 0.5) is 5.69 Å². The number of amides is 1. The molecular formula is C14H15ClN2O3. The molecule has 0 saturated carbocycles. The van der Waals surface area contributed by atoms with Crippen LogP contribution >= 0.6 is 11.6 Å².